The van der Waals surface area contributed by atoms with Crippen molar-refractivity contribution in [2.75, 3.05) is 36.5 Å². The maximum absolute atomic E-state index is 14.8. The standard InChI is InChI=1S/C20H19ClFN3O/c21-16-7-8-23-20-15(16)5-6-17(19(20)22)24-13-14-3-1-2-4-18(14)25-9-11-26-12-10-25/h1-8,24H,9-13H2. The van der Waals surface area contributed by atoms with Gasteiger partial charge in [0, 0.05) is 36.9 Å². The lowest BCUT2D eigenvalue weighted by Gasteiger charge is -2.30. The second-order valence-corrected chi connectivity index (χ2v) is 6.60. The minimum Gasteiger partial charge on any atom is -0.378 e. The summed E-state index contributed by atoms with van der Waals surface area (Å²) in [6.07, 6.45) is 1.52. The maximum Gasteiger partial charge on any atom is 0.172 e. The van der Waals surface area contributed by atoms with Crippen molar-refractivity contribution >= 4 is 33.9 Å². The number of halogens is 2. The summed E-state index contributed by atoms with van der Waals surface area (Å²) in [5, 5.41) is 4.32. The first-order chi connectivity index (χ1) is 12.7. The third-order valence-corrected chi connectivity index (χ3v) is 4.94. The van der Waals surface area contributed by atoms with Gasteiger partial charge in [0.25, 0.3) is 0 Å². The van der Waals surface area contributed by atoms with Gasteiger partial charge in [-0.1, -0.05) is 29.8 Å². The van der Waals surface area contributed by atoms with Gasteiger partial charge in [0.05, 0.1) is 23.9 Å². The fourth-order valence-corrected chi connectivity index (χ4v) is 3.46. The second kappa shape index (κ2) is 7.48. The highest BCUT2D eigenvalue weighted by atomic mass is 35.5. The van der Waals surface area contributed by atoms with Crippen LogP contribution < -0.4 is 10.2 Å². The molecule has 0 spiro atoms. The first-order valence-electron chi connectivity index (χ1n) is 8.61. The van der Waals surface area contributed by atoms with E-state index in [1.165, 1.54) is 6.20 Å². The molecule has 6 heteroatoms. The molecular weight excluding hydrogens is 353 g/mol. The zero-order valence-electron chi connectivity index (χ0n) is 14.2. The fourth-order valence-electron chi connectivity index (χ4n) is 3.25. The summed E-state index contributed by atoms with van der Waals surface area (Å²) in [6, 6.07) is 13.4. The van der Waals surface area contributed by atoms with Crippen molar-refractivity contribution in [3.05, 3.63) is 65.1 Å². The Morgan fingerprint density at radius 2 is 1.92 bits per heavy atom. The Bertz CT molecular complexity index is 928. The van der Waals surface area contributed by atoms with Crippen LogP contribution in [0.1, 0.15) is 5.56 Å². The second-order valence-electron chi connectivity index (χ2n) is 6.20. The summed E-state index contributed by atoms with van der Waals surface area (Å²) in [6.45, 7) is 3.71. The molecule has 1 aliphatic heterocycles. The third-order valence-electron chi connectivity index (χ3n) is 4.61. The number of nitrogens with zero attached hydrogens (tertiary/aromatic N) is 2. The van der Waals surface area contributed by atoms with Crippen LogP contribution in [-0.2, 0) is 11.3 Å². The predicted octanol–water partition coefficient (Wildman–Crippen LogP) is 4.48. The zero-order chi connectivity index (χ0) is 17.9. The maximum atomic E-state index is 14.8. The van der Waals surface area contributed by atoms with E-state index in [0.29, 0.717) is 22.6 Å². The molecule has 4 rings (SSSR count). The number of morpholine rings is 1. The van der Waals surface area contributed by atoms with Gasteiger partial charge in [-0.3, -0.25) is 4.98 Å². The summed E-state index contributed by atoms with van der Waals surface area (Å²) in [5.74, 6) is -0.381. The van der Waals surface area contributed by atoms with E-state index >= 15 is 0 Å². The summed E-state index contributed by atoms with van der Waals surface area (Å²) in [4.78, 5) is 6.43. The predicted molar refractivity (Wildman–Crippen MR) is 104 cm³/mol. The molecule has 1 aliphatic rings. The number of pyridine rings is 1. The van der Waals surface area contributed by atoms with Crippen LogP contribution in [-0.4, -0.2) is 31.3 Å². The molecule has 0 atom stereocenters. The highest BCUT2D eigenvalue weighted by Gasteiger charge is 2.15. The molecule has 0 aliphatic carbocycles. The number of aromatic nitrogens is 1. The van der Waals surface area contributed by atoms with Gasteiger partial charge >= 0.3 is 0 Å². The minimum absolute atomic E-state index is 0.281. The van der Waals surface area contributed by atoms with E-state index in [0.717, 1.165) is 37.6 Å². The van der Waals surface area contributed by atoms with Crippen LogP contribution in [0.2, 0.25) is 5.02 Å². The van der Waals surface area contributed by atoms with E-state index in [4.69, 9.17) is 16.3 Å². The number of hydrogen-bond donors (Lipinski definition) is 1. The van der Waals surface area contributed by atoms with Crippen LogP contribution >= 0.6 is 11.6 Å². The molecule has 0 unspecified atom stereocenters. The van der Waals surface area contributed by atoms with Crippen molar-refractivity contribution < 1.29 is 9.13 Å². The quantitative estimate of drug-likeness (QED) is 0.734. The van der Waals surface area contributed by atoms with Crippen LogP contribution in [0.15, 0.2) is 48.7 Å². The van der Waals surface area contributed by atoms with Gasteiger partial charge in [0.15, 0.2) is 5.82 Å². The number of anilines is 2. The van der Waals surface area contributed by atoms with Gasteiger partial charge in [0.2, 0.25) is 0 Å². The van der Waals surface area contributed by atoms with Crippen molar-refractivity contribution in [2.24, 2.45) is 0 Å². The van der Waals surface area contributed by atoms with Crippen LogP contribution in [0.5, 0.6) is 0 Å². The van der Waals surface area contributed by atoms with E-state index in [1.807, 2.05) is 12.1 Å². The average Bonchev–Trinajstić information content (AvgIpc) is 2.69. The lowest BCUT2D eigenvalue weighted by atomic mass is 10.1. The van der Waals surface area contributed by atoms with Gasteiger partial charge in [-0.2, -0.15) is 0 Å². The number of nitrogens with one attached hydrogen (secondary N) is 1. The lowest BCUT2D eigenvalue weighted by molar-refractivity contribution is 0.122. The minimum atomic E-state index is -0.381. The summed E-state index contributed by atoms with van der Waals surface area (Å²) >= 11 is 6.12. The van der Waals surface area contributed by atoms with E-state index in [2.05, 4.69) is 27.3 Å². The van der Waals surface area contributed by atoms with E-state index in [9.17, 15) is 4.39 Å². The third kappa shape index (κ3) is 3.32. The van der Waals surface area contributed by atoms with Gasteiger partial charge < -0.3 is 15.0 Å². The van der Waals surface area contributed by atoms with Crippen LogP contribution in [0, 0.1) is 5.82 Å². The van der Waals surface area contributed by atoms with Crippen molar-refractivity contribution in [1.82, 2.24) is 4.98 Å². The number of ether oxygens (including phenoxy) is 1. The number of fused-ring (bicyclic) bond motifs is 1. The molecule has 3 aromatic rings. The van der Waals surface area contributed by atoms with Crippen molar-refractivity contribution in [1.29, 1.82) is 0 Å². The Kier molecular flexibility index (Phi) is 4.91. The highest BCUT2D eigenvalue weighted by Crippen LogP contribution is 2.29. The van der Waals surface area contributed by atoms with E-state index in [-0.39, 0.29) is 11.3 Å². The molecule has 26 heavy (non-hydrogen) atoms. The van der Waals surface area contributed by atoms with Crippen molar-refractivity contribution in [3.8, 4) is 0 Å². The SMILES string of the molecule is Fc1c(NCc2ccccc2N2CCOCC2)ccc2c(Cl)ccnc12. The normalized spacial score (nSPS) is 14.6. The summed E-state index contributed by atoms with van der Waals surface area (Å²) in [7, 11) is 0. The number of benzene rings is 2. The fraction of sp³-hybridized carbons (Fsp3) is 0.250. The Labute approximate surface area is 156 Å². The largest absolute Gasteiger partial charge is 0.378 e. The van der Waals surface area contributed by atoms with Gasteiger partial charge in [0.1, 0.15) is 5.52 Å². The van der Waals surface area contributed by atoms with Gasteiger partial charge in [-0.05, 0) is 29.8 Å². The molecule has 0 radical (unpaired) electrons. The molecule has 2 heterocycles. The zero-order valence-corrected chi connectivity index (χ0v) is 15.0. The molecule has 1 N–H and O–H groups in total. The van der Waals surface area contributed by atoms with E-state index < -0.39 is 0 Å². The molecule has 134 valence electrons. The Morgan fingerprint density at radius 1 is 1.12 bits per heavy atom. The smallest absolute Gasteiger partial charge is 0.172 e. The topological polar surface area (TPSA) is 37.4 Å². The van der Waals surface area contributed by atoms with Crippen LogP contribution in [0.4, 0.5) is 15.8 Å². The average molecular weight is 372 g/mol. The molecule has 1 saturated heterocycles. The summed E-state index contributed by atoms with van der Waals surface area (Å²) in [5.41, 5.74) is 2.98. The monoisotopic (exact) mass is 371 g/mol. The Balaban J connectivity index is 1.58. The van der Waals surface area contributed by atoms with Gasteiger partial charge in [-0.25, -0.2) is 4.39 Å². The molecule has 1 fully saturated rings. The molecule has 2 aromatic carbocycles. The number of para-hydroxylation sites is 1. The van der Waals surface area contributed by atoms with Crippen LogP contribution in [0.25, 0.3) is 10.9 Å². The molecule has 4 nitrogen and oxygen atoms in total. The number of rotatable bonds is 4. The molecule has 0 bridgehead atoms. The van der Waals surface area contributed by atoms with Crippen LogP contribution in [0.3, 0.4) is 0 Å². The first-order valence-corrected chi connectivity index (χ1v) is 8.99. The van der Waals surface area contributed by atoms with Crippen molar-refractivity contribution in [3.63, 3.8) is 0 Å². The Morgan fingerprint density at radius 3 is 2.77 bits per heavy atom. The first kappa shape index (κ1) is 17.1. The van der Waals surface area contributed by atoms with Gasteiger partial charge in [-0.15, -0.1) is 0 Å². The lowest BCUT2D eigenvalue weighted by Crippen LogP contribution is -2.36. The van der Waals surface area contributed by atoms with E-state index in [1.54, 1.807) is 18.2 Å². The Hall–Kier alpha value is -2.37. The summed E-state index contributed by atoms with van der Waals surface area (Å²) < 4.78 is 20.2. The van der Waals surface area contributed by atoms with Crippen molar-refractivity contribution in [2.45, 2.75) is 6.54 Å². The number of hydrogen-bond acceptors (Lipinski definition) is 4. The molecule has 1 aromatic heterocycles. The highest BCUT2D eigenvalue weighted by molar-refractivity contribution is 6.35. The molecule has 0 amide bonds. The molecule has 0 saturated carbocycles. The molecular formula is C20H19ClFN3O.